The van der Waals surface area contributed by atoms with Gasteiger partial charge in [0, 0.05) is 0 Å². The molecule has 0 unspecified atom stereocenters. The van der Waals surface area contributed by atoms with Gasteiger partial charge in [-0.3, -0.25) is 4.90 Å². The Kier molecular flexibility index (Phi) is 4.60. The molecule has 7 heteroatoms. The first kappa shape index (κ1) is 18.2. The molecule has 0 N–H and O–H groups in total. The Morgan fingerprint density at radius 1 is 0.750 bits per heavy atom. The van der Waals surface area contributed by atoms with Crippen molar-refractivity contribution < 1.29 is 17.6 Å². The number of halogens is 1. The highest BCUT2D eigenvalue weighted by Crippen LogP contribution is 2.36. The van der Waals surface area contributed by atoms with Gasteiger partial charge in [0.1, 0.15) is 10.7 Å². The third-order valence-electron chi connectivity index (χ3n) is 4.59. The number of amides is 2. The van der Waals surface area contributed by atoms with Crippen molar-refractivity contribution in [1.29, 1.82) is 0 Å². The predicted molar refractivity (Wildman–Crippen MR) is 104 cm³/mol. The number of rotatable bonds is 4. The quantitative estimate of drug-likeness (QED) is 0.666. The van der Waals surface area contributed by atoms with Crippen LogP contribution in [0, 0.1) is 5.82 Å². The van der Waals surface area contributed by atoms with Gasteiger partial charge >= 0.3 is 6.03 Å². The Morgan fingerprint density at radius 2 is 1.36 bits per heavy atom. The topological polar surface area (TPSA) is 57.7 Å². The molecule has 1 aliphatic rings. The van der Waals surface area contributed by atoms with Gasteiger partial charge in [0.25, 0.3) is 10.0 Å². The van der Waals surface area contributed by atoms with Crippen molar-refractivity contribution in [3.8, 4) is 0 Å². The molecule has 0 radical (unpaired) electrons. The first-order valence-corrected chi connectivity index (χ1v) is 10.1. The third-order valence-corrected chi connectivity index (χ3v) is 6.36. The van der Waals surface area contributed by atoms with Crippen molar-refractivity contribution in [2.75, 3.05) is 4.90 Å². The van der Waals surface area contributed by atoms with E-state index in [1.807, 2.05) is 6.07 Å². The van der Waals surface area contributed by atoms with Gasteiger partial charge in [0.15, 0.2) is 0 Å². The summed E-state index contributed by atoms with van der Waals surface area (Å²) >= 11 is 0. The first-order chi connectivity index (χ1) is 13.5. The molecule has 1 aliphatic heterocycles. The molecule has 0 aromatic heterocycles. The lowest BCUT2D eigenvalue weighted by Gasteiger charge is -2.36. The lowest BCUT2D eigenvalue weighted by Crippen LogP contribution is -2.49. The molecule has 0 atom stereocenters. The summed E-state index contributed by atoms with van der Waals surface area (Å²) < 4.78 is 40.3. The van der Waals surface area contributed by atoms with Gasteiger partial charge in [0.05, 0.1) is 18.8 Å². The standard InChI is InChI=1S/C21H17FN2O3S/c22-18-12-10-17(11-13-18)14-23-19-8-4-5-9-20(19)28(26,27)24(21(23)25)15-16-6-2-1-3-7-16/h1-13H,14-15H2. The normalized spacial score (nSPS) is 15.4. The Hall–Kier alpha value is -3.19. The molecular weight excluding hydrogens is 379 g/mol. The number of nitrogens with zero attached hydrogens (tertiary/aromatic N) is 2. The SMILES string of the molecule is O=C1N(Cc2ccc(F)cc2)c2ccccc2S(=O)(=O)N1Cc1ccccc1. The number of anilines is 1. The smallest absolute Gasteiger partial charge is 0.288 e. The summed E-state index contributed by atoms with van der Waals surface area (Å²) in [6.07, 6.45) is 0. The third kappa shape index (κ3) is 3.25. The van der Waals surface area contributed by atoms with Crippen LogP contribution in [-0.4, -0.2) is 18.8 Å². The number of para-hydroxylation sites is 1. The predicted octanol–water partition coefficient (Wildman–Crippen LogP) is 4.16. The van der Waals surface area contributed by atoms with Crippen molar-refractivity contribution >= 4 is 21.7 Å². The number of carbonyl (C=O) groups is 1. The minimum absolute atomic E-state index is 0.0593. The highest BCUT2D eigenvalue weighted by Gasteiger charge is 2.41. The molecule has 0 saturated heterocycles. The van der Waals surface area contributed by atoms with Crippen LogP contribution in [0.5, 0.6) is 0 Å². The summed E-state index contributed by atoms with van der Waals surface area (Å²) in [7, 11) is -3.98. The van der Waals surface area contributed by atoms with Gasteiger partial charge < -0.3 is 0 Å². The minimum atomic E-state index is -3.98. The zero-order valence-corrected chi connectivity index (χ0v) is 15.6. The molecule has 0 spiro atoms. The molecule has 142 valence electrons. The van der Waals surface area contributed by atoms with Crippen molar-refractivity contribution in [2.45, 2.75) is 18.0 Å². The average molecular weight is 396 g/mol. The summed E-state index contributed by atoms with van der Waals surface area (Å²) in [6, 6.07) is 20.5. The number of carbonyl (C=O) groups excluding carboxylic acids is 1. The Balaban J connectivity index is 1.77. The molecule has 0 bridgehead atoms. The molecular formula is C21H17FN2O3S. The van der Waals surface area contributed by atoms with Crippen molar-refractivity contribution in [3.05, 3.63) is 95.8 Å². The Morgan fingerprint density at radius 3 is 2.07 bits per heavy atom. The maximum atomic E-state index is 13.2. The first-order valence-electron chi connectivity index (χ1n) is 8.68. The monoisotopic (exact) mass is 396 g/mol. The Bertz CT molecular complexity index is 1120. The van der Waals surface area contributed by atoms with Crippen LogP contribution in [0.4, 0.5) is 14.9 Å². The van der Waals surface area contributed by atoms with Crippen LogP contribution in [0.15, 0.2) is 83.8 Å². The van der Waals surface area contributed by atoms with E-state index in [-0.39, 0.29) is 23.8 Å². The van der Waals surface area contributed by atoms with Gasteiger partial charge in [0.2, 0.25) is 0 Å². The van der Waals surface area contributed by atoms with Gasteiger partial charge in [-0.15, -0.1) is 0 Å². The van der Waals surface area contributed by atoms with Gasteiger partial charge in [-0.1, -0.05) is 54.6 Å². The second-order valence-electron chi connectivity index (χ2n) is 6.46. The molecule has 1 heterocycles. The molecule has 2 amide bonds. The van der Waals surface area contributed by atoms with Crippen LogP contribution in [0.1, 0.15) is 11.1 Å². The minimum Gasteiger partial charge on any atom is -0.288 e. The summed E-state index contributed by atoms with van der Waals surface area (Å²) in [5.74, 6) is -0.373. The van der Waals surface area contributed by atoms with E-state index in [2.05, 4.69) is 0 Å². The molecule has 28 heavy (non-hydrogen) atoms. The molecule has 5 nitrogen and oxygen atoms in total. The zero-order valence-electron chi connectivity index (χ0n) is 14.8. The number of sulfonamides is 1. The van der Waals surface area contributed by atoms with E-state index in [0.29, 0.717) is 16.8 Å². The average Bonchev–Trinajstić information content (AvgIpc) is 2.71. The van der Waals surface area contributed by atoms with E-state index < -0.39 is 16.1 Å². The molecule has 0 fully saturated rings. The van der Waals surface area contributed by atoms with Crippen molar-refractivity contribution in [1.82, 2.24) is 4.31 Å². The van der Waals surface area contributed by atoms with Crippen molar-refractivity contribution in [3.63, 3.8) is 0 Å². The van der Waals surface area contributed by atoms with E-state index in [4.69, 9.17) is 0 Å². The van der Waals surface area contributed by atoms with Crippen LogP contribution < -0.4 is 4.90 Å². The highest BCUT2D eigenvalue weighted by atomic mass is 32.2. The summed E-state index contributed by atoms with van der Waals surface area (Å²) in [6.45, 7) is 0.0766. The molecule has 3 aromatic rings. The van der Waals surface area contributed by atoms with Gasteiger partial charge in [-0.25, -0.2) is 21.9 Å². The summed E-state index contributed by atoms with van der Waals surface area (Å²) in [5, 5.41) is 0. The summed E-state index contributed by atoms with van der Waals surface area (Å²) in [5.41, 5.74) is 1.73. The molecule has 4 rings (SSSR count). The van der Waals surface area contributed by atoms with Crippen LogP contribution >= 0.6 is 0 Å². The maximum Gasteiger partial charge on any atom is 0.339 e. The van der Waals surface area contributed by atoms with Crippen LogP contribution in [0.25, 0.3) is 0 Å². The molecule has 0 saturated carbocycles. The van der Waals surface area contributed by atoms with E-state index in [9.17, 15) is 17.6 Å². The van der Waals surface area contributed by atoms with E-state index in [1.54, 1.807) is 54.6 Å². The fraction of sp³-hybridized carbons (Fsp3) is 0.0952. The number of urea groups is 1. The highest BCUT2D eigenvalue weighted by molar-refractivity contribution is 7.90. The fourth-order valence-corrected chi connectivity index (χ4v) is 4.74. The van der Waals surface area contributed by atoms with Crippen LogP contribution in [-0.2, 0) is 23.1 Å². The fourth-order valence-electron chi connectivity index (χ4n) is 3.18. The van der Waals surface area contributed by atoms with Crippen molar-refractivity contribution in [2.24, 2.45) is 0 Å². The van der Waals surface area contributed by atoms with Crippen LogP contribution in [0.3, 0.4) is 0 Å². The number of hydrogen-bond donors (Lipinski definition) is 0. The van der Waals surface area contributed by atoms with Crippen LogP contribution in [0.2, 0.25) is 0 Å². The largest absolute Gasteiger partial charge is 0.339 e. The Labute approximate surface area is 162 Å². The second kappa shape index (κ2) is 7.09. The maximum absolute atomic E-state index is 13.2. The number of benzene rings is 3. The second-order valence-corrected chi connectivity index (χ2v) is 8.29. The lowest BCUT2D eigenvalue weighted by atomic mass is 10.2. The summed E-state index contributed by atoms with van der Waals surface area (Å²) in [4.78, 5) is 14.7. The molecule has 0 aliphatic carbocycles. The van der Waals surface area contributed by atoms with Gasteiger partial charge in [-0.2, -0.15) is 0 Å². The number of hydrogen-bond acceptors (Lipinski definition) is 3. The zero-order chi connectivity index (χ0) is 19.7. The van der Waals surface area contributed by atoms with E-state index >= 15 is 0 Å². The van der Waals surface area contributed by atoms with E-state index in [0.717, 1.165) is 4.31 Å². The molecule has 3 aromatic carbocycles. The number of fused-ring (bicyclic) bond motifs is 1. The van der Waals surface area contributed by atoms with E-state index in [1.165, 1.54) is 23.1 Å². The lowest BCUT2D eigenvalue weighted by molar-refractivity contribution is 0.226. The van der Waals surface area contributed by atoms with Gasteiger partial charge in [-0.05, 0) is 35.4 Å².